The van der Waals surface area contributed by atoms with E-state index in [1.807, 2.05) is 0 Å². The van der Waals surface area contributed by atoms with Crippen molar-refractivity contribution >= 4 is 5.91 Å². The Kier molecular flexibility index (Phi) is 6.88. The predicted octanol–water partition coefficient (Wildman–Crippen LogP) is 2.50. The second kappa shape index (κ2) is 9.35. The van der Waals surface area contributed by atoms with E-state index in [0.29, 0.717) is 18.2 Å². The molecule has 0 saturated carbocycles. The maximum Gasteiger partial charge on any atom is 0.223 e. The summed E-state index contributed by atoms with van der Waals surface area (Å²) in [7, 11) is 0. The van der Waals surface area contributed by atoms with E-state index < -0.39 is 0 Å². The van der Waals surface area contributed by atoms with Gasteiger partial charge in [0.2, 0.25) is 5.91 Å². The minimum Gasteiger partial charge on any atom is -0.342 e. The Morgan fingerprint density at radius 1 is 1.00 bits per heavy atom. The van der Waals surface area contributed by atoms with Crippen LogP contribution in [0, 0.1) is 5.92 Å². The number of carbonyl (C=O) groups is 1. The van der Waals surface area contributed by atoms with Crippen LogP contribution < -0.4 is 0 Å². The molecule has 25 heavy (non-hydrogen) atoms. The van der Waals surface area contributed by atoms with Crippen LogP contribution >= 0.6 is 0 Å². The van der Waals surface area contributed by atoms with Gasteiger partial charge in [-0.2, -0.15) is 0 Å². The van der Waals surface area contributed by atoms with Gasteiger partial charge in [0.1, 0.15) is 0 Å². The highest BCUT2D eigenvalue weighted by molar-refractivity contribution is 5.76. The van der Waals surface area contributed by atoms with E-state index in [1.165, 1.54) is 18.4 Å². The van der Waals surface area contributed by atoms with Gasteiger partial charge < -0.3 is 14.7 Å². The lowest BCUT2D eigenvalue weighted by atomic mass is 10.00. The molecule has 2 aliphatic heterocycles. The number of likely N-dealkylation sites (tertiary alicyclic amines) is 1. The van der Waals surface area contributed by atoms with Crippen molar-refractivity contribution in [1.82, 2.24) is 14.7 Å². The number of piperazine rings is 1. The molecule has 0 N–H and O–H groups in total. The third-order valence-corrected chi connectivity index (χ3v) is 5.68. The average Bonchev–Trinajstić information content (AvgIpc) is 2.66. The number of amides is 1. The van der Waals surface area contributed by atoms with E-state index in [4.69, 9.17) is 0 Å². The fraction of sp³-hybridized carbons (Fsp3) is 0.667. The molecule has 1 amide bonds. The summed E-state index contributed by atoms with van der Waals surface area (Å²) in [6.07, 6.45) is 4.27. The molecule has 2 fully saturated rings. The lowest BCUT2D eigenvalue weighted by Crippen LogP contribution is -2.48. The Labute approximate surface area is 152 Å². The molecule has 2 heterocycles. The maximum atomic E-state index is 12.4. The van der Waals surface area contributed by atoms with Crippen molar-refractivity contribution in [2.45, 2.75) is 32.6 Å². The molecule has 3 rings (SSSR count). The van der Waals surface area contributed by atoms with Crippen LogP contribution in [0.4, 0.5) is 0 Å². The number of rotatable bonds is 6. The van der Waals surface area contributed by atoms with E-state index in [2.05, 4.69) is 52.0 Å². The van der Waals surface area contributed by atoms with E-state index in [-0.39, 0.29) is 0 Å². The molecule has 2 saturated heterocycles. The number of piperidine rings is 1. The maximum absolute atomic E-state index is 12.4. The molecule has 0 radical (unpaired) electrons. The summed E-state index contributed by atoms with van der Waals surface area (Å²) in [6.45, 7) is 10.7. The normalized spacial score (nSPS) is 22.9. The van der Waals surface area contributed by atoms with Crippen LogP contribution in [0.25, 0.3) is 0 Å². The predicted molar refractivity (Wildman–Crippen MR) is 103 cm³/mol. The van der Waals surface area contributed by atoms with Gasteiger partial charge in [0.15, 0.2) is 0 Å². The van der Waals surface area contributed by atoms with Crippen LogP contribution in [0.3, 0.4) is 0 Å². The van der Waals surface area contributed by atoms with Gasteiger partial charge in [-0.1, -0.05) is 37.3 Å². The number of carbonyl (C=O) groups excluding carboxylic acids is 1. The summed E-state index contributed by atoms with van der Waals surface area (Å²) in [5.74, 6) is 1.03. The number of hydrogen-bond acceptors (Lipinski definition) is 3. The van der Waals surface area contributed by atoms with Crippen molar-refractivity contribution in [3.05, 3.63) is 35.9 Å². The molecule has 0 bridgehead atoms. The molecule has 1 aromatic rings. The molecular formula is C21H33N3O. The highest BCUT2D eigenvalue weighted by Gasteiger charge is 2.22. The van der Waals surface area contributed by atoms with Gasteiger partial charge in [0.05, 0.1) is 0 Å². The van der Waals surface area contributed by atoms with Crippen molar-refractivity contribution in [3.8, 4) is 0 Å². The summed E-state index contributed by atoms with van der Waals surface area (Å²) in [5.41, 5.74) is 1.42. The number of nitrogens with zero attached hydrogens (tertiary/aromatic N) is 3. The summed E-state index contributed by atoms with van der Waals surface area (Å²) in [4.78, 5) is 19.5. The summed E-state index contributed by atoms with van der Waals surface area (Å²) in [6, 6.07) is 10.7. The van der Waals surface area contributed by atoms with Gasteiger partial charge >= 0.3 is 0 Å². The van der Waals surface area contributed by atoms with Crippen LogP contribution in [0.5, 0.6) is 0 Å². The number of benzene rings is 1. The van der Waals surface area contributed by atoms with E-state index >= 15 is 0 Å². The Morgan fingerprint density at radius 3 is 2.36 bits per heavy atom. The Bertz CT molecular complexity index is 525. The fourth-order valence-corrected chi connectivity index (χ4v) is 4.00. The van der Waals surface area contributed by atoms with Crippen LogP contribution in [0.2, 0.25) is 0 Å². The largest absolute Gasteiger partial charge is 0.342 e. The van der Waals surface area contributed by atoms with Crippen molar-refractivity contribution < 1.29 is 4.79 Å². The van der Waals surface area contributed by atoms with Gasteiger partial charge in [-0.25, -0.2) is 0 Å². The zero-order chi connectivity index (χ0) is 17.5. The van der Waals surface area contributed by atoms with Crippen molar-refractivity contribution in [3.63, 3.8) is 0 Å². The minimum atomic E-state index is 0.359. The third-order valence-electron chi connectivity index (χ3n) is 5.68. The first-order valence-electron chi connectivity index (χ1n) is 9.97. The molecule has 138 valence electrons. The lowest BCUT2D eigenvalue weighted by molar-refractivity contribution is -0.133. The van der Waals surface area contributed by atoms with E-state index in [0.717, 1.165) is 58.8 Å². The van der Waals surface area contributed by atoms with Crippen LogP contribution in [0.15, 0.2) is 30.3 Å². The SMILES string of the molecule is C[C@@H]1CCCN(C(=O)CCN2CCN(CCc3ccccc3)CC2)C1. The molecule has 2 aliphatic rings. The molecule has 0 aromatic heterocycles. The quantitative estimate of drug-likeness (QED) is 0.794. The Balaban J connectivity index is 1.32. The number of hydrogen-bond donors (Lipinski definition) is 0. The lowest BCUT2D eigenvalue weighted by Gasteiger charge is -2.35. The molecular weight excluding hydrogens is 310 g/mol. The molecule has 4 nitrogen and oxygen atoms in total. The topological polar surface area (TPSA) is 26.8 Å². The Hall–Kier alpha value is -1.39. The van der Waals surface area contributed by atoms with Gasteiger partial charge in [0, 0.05) is 58.8 Å². The van der Waals surface area contributed by atoms with Gasteiger partial charge in [-0.3, -0.25) is 4.79 Å². The second-order valence-corrected chi connectivity index (χ2v) is 7.76. The van der Waals surface area contributed by atoms with Crippen molar-refractivity contribution in [1.29, 1.82) is 0 Å². The highest BCUT2D eigenvalue weighted by atomic mass is 16.2. The molecule has 1 aromatic carbocycles. The van der Waals surface area contributed by atoms with E-state index in [9.17, 15) is 4.79 Å². The van der Waals surface area contributed by atoms with Gasteiger partial charge in [-0.05, 0) is 30.7 Å². The average molecular weight is 344 g/mol. The zero-order valence-corrected chi connectivity index (χ0v) is 15.7. The third kappa shape index (κ3) is 5.82. The van der Waals surface area contributed by atoms with Crippen molar-refractivity contribution in [2.75, 3.05) is 52.4 Å². The zero-order valence-electron chi connectivity index (χ0n) is 15.7. The molecule has 4 heteroatoms. The van der Waals surface area contributed by atoms with Crippen LogP contribution in [0.1, 0.15) is 31.7 Å². The first-order chi connectivity index (χ1) is 12.2. The molecule has 0 unspecified atom stereocenters. The smallest absolute Gasteiger partial charge is 0.223 e. The van der Waals surface area contributed by atoms with Crippen LogP contribution in [-0.2, 0) is 11.2 Å². The summed E-state index contributed by atoms with van der Waals surface area (Å²) >= 11 is 0. The van der Waals surface area contributed by atoms with Crippen LogP contribution in [-0.4, -0.2) is 73.0 Å². The minimum absolute atomic E-state index is 0.359. The standard InChI is InChI=1S/C21H33N3O/c1-19-6-5-11-24(18-19)21(25)10-13-23-16-14-22(15-17-23)12-9-20-7-3-2-4-8-20/h2-4,7-8,19H,5-6,9-18H2,1H3/t19-/m1/s1. The highest BCUT2D eigenvalue weighted by Crippen LogP contribution is 2.16. The van der Waals surface area contributed by atoms with Gasteiger partial charge in [0.25, 0.3) is 0 Å². The van der Waals surface area contributed by atoms with Crippen molar-refractivity contribution in [2.24, 2.45) is 5.92 Å². The second-order valence-electron chi connectivity index (χ2n) is 7.76. The van der Waals surface area contributed by atoms with Gasteiger partial charge in [-0.15, -0.1) is 0 Å². The summed E-state index contributed by atoms with van der Waals surface area (Å²) < 4.78 is 0. The molecule has 0 spiro atoms. The molecule has 0 aliphatic carbocycles. The monoisotopic (exact) mass is 343 g/mol. The summed E-state index contributed by atoms with van der Waals surface area (Å²) in [5, 5.41) is 0. The first kappa shape index (κ1) is 18.4. The Morgan fingerprint density at radius 2 is 1.68 bits per heavy atom. The molecule has 1 atom stereocenters. The fourth-order valence-electron chi connectivity index (χ4n) is 4.00. The van der Waals surface area contributed by atoms with E-state index in [1.54, 1.807) is 0 Å². The first-order valence-corrected chi connectivity index (χ1v) is 9.97.